The first kappa shape index (κ1) is 21.1. The summed E-state index contributed by atoms with van der Waals surface area (Å²) < 4.78 is 10.2. The van der Waals surface area contributed by atoms with Crippen molar-refractivity contribution in [2.24, 2.45) is 0 Å². The van der Waals surface area contributed by atoms with Gasteiger partial charge in [0.15, 0.2) is 0 Å². The predicted octanol–water partition coefficient (Wildman–Crippen LogP) is 0.455. The average Bonchev–Trinajstić information content (AvgIpc) is 2.49. The molecule has 8 nitrogen and oxygen atoms in total. The molecule has 0 spiro atoms. The van der Waals surface area contributed by atoms with E-state index in [-0.39, 0.29) is 30.6 Å². The smallest absolute Gasteiger partial charge is 0.339 e. The molecule has 0 aliphatic rings. The van der Waals surface area contributed by atoms with Crippen LogP contribution in [0.15, 0.2) is 18.2 Å². The van der Waals surface area contributed by atoms with Gasteiger partial charge in [-0.3, -0.25) is 0 Å². The Labute approximate surface area is 135 Å². The number of carbonyl (C=O) groups is 1. The van der Waals surface area contributed by atoms with Crippen LogP contribution in [-0.4, -0.2) is 65.5 Å². The fraction of sp³-hybridized carbons (Fsp3) is 0.533. The van der Waals surface area contributed by atoms with E-state index < -0.39 is 5.97 Å². The first-order valence-corrected chi connectivity index (χ1v) is 7.15. The van der Waals surface area contributed by atoms with E-state index in [0.717, 1.165) is 6.42 Å². The number of nitrogens with two attached hydrogens (primary N) is 1. The zero-order valence-electron chi connectivity index (χ0n) is 13.1. The van der Waals surface area contributed by atoms with Gasteiger partial charge in [-0.25, -0.2) is 4.79 Å². The summed E-state index contributed by atoms with van der Waals surface area (Å²) in [6, 6.07) is 3.87. The summed E-state index contributed by atoms with van der Waals surface area (Å²) in [6.45, 7) is 3.40. The molecule has 23 heavy (non-hydrogen) atoms. The zero-order valence-corrected chi connectivity index (χ0v) is 13.1. The number of rotatable bonds is 9. The van der Waals surface area contributed by atoms with Crippen molar-refractivity contribution in [2.45, 2.75) is 19.4 Å². The Morgan fingerprint density at radius 1 is 1.22 bits per heavy atom. The molecule has 1 unspecified atom stereocenters. The zero-order chi connectivity index (χ0) is 17.7. The molecule has 0 aliphatic heterocycles. The standard InChI is InChI=1S/C8H18O4.C7H7NO3/c1-8(12-7-4-10)2-5-11-6-3-9;8-4-1-2-5(7(10)11)6(9)3-4/h8-10H,2-7H2,1H3;1-3,9H,8H2,(H,10,11). The quantitative estimate of drug-likeness (QED) is 0.324. The maximum absolute atomic E-state index is 10.3. The molecule has 1 atom stereocenters. The van der Waals surface area contributed by atoms with Crippen molar-refractivity contribution < 1.29 is 34.7 Å². The second-order valence-electron chi connectivity index (χ2n) is 4.61. The summed E-state index contributed by atoms with van der Waals surface area (Å²) in [5.74, 6) is -1.47. The lowest BCUT2D eigenvalue weighted by Gasteiger charge is -2.11. The number of anilines is 1. The minimum Gasteiger partial charge on any atom is -0.507 e. The number of hydrogen-bond acceptors (Lipinski definition) is 7. The number of aliphatic hydroxyl groups excluding tert-OH is 2. The number of aliphatic hydroxyl groups is 2. The number of benzene rings is 1. The van der Waals surface area contributed by atoms with Crippen molar-refractivity contribution in [1.82, 2.24) is 0 Å². The van der Waals surface area contributed by atoms with Crippen molar-refractivity contribution in [3.63, 3.8) is 0 Å². The molecule has 0 amide bonds. The summed E-state index contributed by atoms with van der Waals surface area (Å²) >= 11 is 0. The van der Waals surface area contributed by atoms with E-state index >= 15 is 0 Å². The molecular weight excluding hydrogens is 306 g/mol. The highest BCUT2D eigenvalue weighted by molar-refractivity contribution is 5.91. The van der Waals surface area contributed by atoms with E-state index in [2.05, 4.69) is 0 Å². The molecule has 0 heterocycles. The molecule has 0 saturated carbocycles. The lowest BCUT2D eigenvalue weighted by Crippen LogP contribution is -2.14. The molecule has 0 saturated heterocycles. The Bertz CT molecular complexity index is 453. The number of aromatic hydroxyl groups is 1. The number of phenols is 1. The lowest BCUT2D eigenvalue weighted by atomic mass is 10.2. The Hall–Kier alpha value is -1.87. The van der Waals surface area contributed by atoms with E-state index in [1.807, 2.05) is 6.92 Å². The van der Waals surface area contributed by atoms with Gasteiger partial charge in [0.1, 0.15) is 11.3 Å². The minimum absolute atomic E-state index is 0.0574. The molecular formula is C15H25NO7. The number of carboxylic acid groups (broad SMARTS) is 1. The van der Waals surface area contributed by atoms with Crippen LogP contribution in [0.25, 0.3) is 0 Å². The SMILES string of the molecule is CC(CCOCCO)OCCO.Nc1ccc(C(=O)O)c(O)c1. The molecule has 0 bridgehead atoms. The lowest BCUT2D eigenvalue weighted by molar-refractivity contribution is 0.0100. The number of hydrogen-bond donors (Lipinski definition) is 5. The van der Waals surface area contributed by atoms with Gasteiger partial charge in [-0.15, -0.1) is 0 Å². The summed E-state index contributed by atoms with van der Waals surface area (Å²) in [5, 5.41) is 34.3. The highest BCUT2D eigenvalue weighted by Crippen LogP contribution is 2.19. The molecule has 0 aromatic heterocycles. The molecule has 0 radical (unpaired) electrons. The number of ether oxygens (including phenoxy) is 2. The maximum Gasteiger partial charge on any atom is 0.339 e. The Morgan fingerprint density at radius 3 is 2.39 bits per heavy atom. The molecule has 0 fully saturated rings. The maximum atomic E-state index is 10.3. The van der Waals surface area contributed by atoms with Gasteiger partial charge in [-0.05, 0) is 25.5 Å². The van der Waals surface area contributed by atoms with Crippen LogP contribution in [0.2, 0.25) is 0 Å². The number of aromatic carboxylic acids is 1. The van der Waals surface area contributed by atoms with Gasteiger partial charge in [0.25, 0.3) is 0 Å². The normalized spacial score (nSPS) is 11.4. The number of carboxylic acids is 1. The van der Waals surface area contributed by atoms with E-state index in [0.29, 0.717) is 25.5 Å². The predicted molar refractivity (Wildman–Crippen MR) is 84.5 cm³/mol. The van der Waals surface area contributed by atoms with Gasteiger partial charge in [0.05, 0.1) is 32.5 Å². The monoisotopic (exact) mass is 331 g/mol. The Morgan fingerprint density at radius 2 is 1.87 bits per heavy atom. The molecule has 8 heteroatoms. The average molecular weight is 331 g/mol. The van der Waals surface area contributed by atoms with Crippen LogP contribution in [-0.2, 0) is 9.47 Å². The van der Waals surface area contributed by atoms with Crippen molar-refractivity contribution in [2.75, 3.05) is 38.8 Å². The fourth-order valence-electron chi connectivity index (χ4n) is 1.48. The fourth-order valence-corrected chi connectivity index (χ4v) is 1.48. The van der Waals surface area contributed by atoms with Gasteiger partial charge >= 0.3 is 5.97 Å². The second-order valence-corrected chi connectivity index (χ2v) is 4.61. The third kappa shape index (κ3) is 10.5. The number of nitrogen functional groups attached to an aromatic ring is 1. The minimum atomic E-state index is -1.16. The van der Waals surface area contributed by atoms with Gasteiger partial charge in [0, 0.05) is 18.4 Å². The second kappa shape index (κ2) is 12.7. The summed E-state index contributed by atoms with van der Waals surface area (Å²) in [5.41, 5.74) is 5.48. The third-order valence-corrected chi connectivity index (χ3v) is 2.65. The van der Waals surface area contributed by atoms with Crippen LogP contribution in [0.1, 0.15) is 23.7 Å². The van der Waals surface area contributed by atoms with Crippen LogP contribution in [0.5, 0.6) is 5.75 Å². The van der Waals surface area contributed by atoms with Crippen molar-refractivity contribution in [1.29, 1.82) is 0 Å². The van der Waals surface area contributed by atoms with Crippen molar-refractivity contribution >= 4 is 11.7 Å². The summed E-state index contributed by atoms with van der Waals surface area (Å²) in [4.78, 5) is 10.3. The highest BCUT2D eigenvalue weighted by Gasteiger charge is 2.07. The van der Waals surface area contributed by atoms with Crippen LogP contribution in [0, 0.1) is 0 Å². The molecule has 0 aliphatic carbocycles. The molecule has 1 rings (SSSR count). The molecule has 6 N–H and O–H groups in total. The van der Waals surface area contributed by atoms with E-state index in [1.165, 1.54) is 18.2 Å². The summed E-state index contributed by atoms with van der Waals surface area (Å²) in [6.07, 6.45) is 0.899. The van der Waals surface area contributed by atoms with E-state index in [9.17, 15) is 4.79 Å². The first-order chi connectivity index (χ1) is 10.9. The molecule has 132 valence electrons. The first-order valence-electron chi connectivity index (χ1n) is 7.15. The largest absolute Gasteiger partial charge is 0.507 e. The van der Waals surface area contributed by atoms with Gasteiger partial charge in [-0.1, -0.05) is 0 Å². The highest BCUT2D eigenvalue weighted by atomic mass is 16.5. The van der Waals surface area contributed by atoms with Crippen LogP contribution >= 0.6 is 0 Å². The molecule has 1 aromatic rings. The Kier molecular flexibility index (Phi) is 11.6. The van der Waals surface area contributed by atoms with Gasteiger partial charge < -0.3 is 35.6 Å². The van der Waals surface area contributed by atoms with Crippen LogP contribution in [0.4, 0.5) is 5.69 Å². The van der Waals surface area contributed by atoms with Gasteiger partial charge in [-0.2, -0.15) is 0 Å². The van der Waals surface area contributed by atoms with Crippen molar-refractivity contribution in [3.05, 3.63) is 23.8 Å². The van der Waals surface area contributed by atoms with Crippen LogP contribution < -0.4 is 5.73 Å². The van der Waals surface area contributed by atoms with Crippen LogP contribution in [0.3, 0.4) is 0 Å². The topological polar surface area (TPSA) is 142 Å². The van der Waals surface area contributed by atoms with E-state index in [1.54, 1.807) is 0 Å². The van der Waals surface area contributed by atoms with Crippen molar-refractivity contribution in [3.8, 4) is 5.75 Å². The molecule has 1 aromatic carbocycles. The van der Waals surface area contributed by atoms with E-state index in [4.69, 9.17) is 35.6 Å². The van der Waals surface area contributed by atoms with Gasteiger partial charge in [0.2, 0.25) is 0 Å². The summed E-state index contributed by atoms with van der Waals surface area (Å²) in [7, 11) is 0. The Balaban J connectivity index is 0.000000422. The third-order valence-electron chi connectivity index (χ3n) is 2.65.